The molecule has 0 atom stereocenters. The number of hydrogen-bond donors (Lipinski definition) is 1. The highest BCUT2D eigenvalue weighted by atomic mass is 32.1. The molecule has 10 heteroatoms. The van der Waals surface area contributed by atoms with Gasteiger partial charge < -0.3 is 14.8 Å². The third kappa shape index (κ3) is 5.60. The summed E-state index contributed by atoms with van der Waals surface area (Å²) in [6.45, 7) is 3.20. The number of aryl methyl sites for hydroxylation is 2. The molecule has 3 heterocycles. The van der Waals surface area contributed by atoms with Crippen LogP contribution in [0.25, 0.3) is 10.2 Å². The van der Waals surface area contributed by atoms with Crippen LogP contribution in [-0.2, 0) is 28.9 Å². The first-order valence-electron chi connectivity index (χ1n) is 10.5. The molecule has 1 N–H and O–H groups in total. The lowest BCUT2D eigenvalue weighted by molar-refractivity contribution is -0.173. The monoisotopic (exact) mass is 444 g/mol. The fraction of sp³-hybridized carbons (Fsp3) is 0.700. The summed E-state index contributed by atoms with van der Waals surface area (Å²) < 4.78 is 46.7. The Morgan fingerprint density at radius 2 is 1.93 bits per heavy atom. The lowest BCUT2D eigenvalue weighted by atomic mass is 9.97. The smallest absolute Gasteiger partial charge is 0.379 e. The zero-order chi connectivity index (χ0) is 21.0. The standard InChI is InChI=1S/C20H27F3N4O2S/c21-20(22,23)13-29-9-3-6-24-18-17-14-4-1-2-5-15(14)30-19(17)26-16(25-18)12-27-7-10-28-11-8-27/h1-13H2,(H,24,25,26). The summed E-state index contributed by atoms with van der Waals surface area (Å²) in [6, 6.07) is 0. The molecule has 2 aromatic heterocycles. The minimum atomic E-state index is -4.28. The van der Waals surface area contributed by atoms with Gasteiger partial charge in [0.05, 0.1) is 25.1 Å². The minimum Gasteiger partial charge on any atom is -0.379 e. The molecule has 4 rings (SSSR count). The van der Waals surface area contributed by atoms with Crippen LogP contribution >= 0.6 is 11.3 Å². The van der Waals surface area contributed by atoms with Gasteiger partial charge in [-0.05, 0) is 37.7 Å². The van der Waals surface area contributed by atoms with Crippen LogP contribution in [0.3, 0.4) is 0 Å². The fourth-order valence-corrected chi connectivity index (χ4v) is 5.21. The van der Waals surface area contributed by atoms with Crippen LogP contribution in [0.5, 0.6) is 0 Å². The number of morpholine rings is 1. The molecular formula is C20H27F3N4O2S. The molecule has 0 saturated carbocycles. The maximum Gasteiger partial charge on any atom is 0.411 e. The highest BCUT2D eigenvalue weighted by Gasteiger charge is 2.27. The molecule has 2 aliphatic rings. The number of nitrogens with one attached hydrogen (secondary N) is 1. The lowest BCUT2D eigenvalue weighted by Gasteiger charge is -2.25. The van der Waals surface area contributed by atoms with Gasteiger partial charge in [-0.25, -0.2) is 9.97 Å². The van der Waals surface area contributed by atoms with E-state index < -0.39 is 12.8 Å². The van der Waals surface area contributed by atoms with Gasteiger partial charge in [0, 0.05) is 31.1 Å². The summed E-state index contributed by atoms with van der Waals surface area (Å²) in [5, 5.41) is 4.44. The molecule has 1 aliphatic heterocycles. The summed E-state index contributed by atoms with van der Waals surface area (Å²) >= 11 is 1.76. The average molecular weight is 445 g/mol. The molecule has 166 valence electrons. The zero-order valence-corrected chi connectivity index (χ0v) is 17.7. The number of hydrogen-bond acceptors (Lipinski definition) is 7. The van der Waals surface area contributed by atoms with E-state index in [1.807, 2.05) is 0 Å². The van der Waals surface area contributed by atoms with Crippen LogP contribution < -0.4 is 5.32 Å². The van der Waals surface area contributed by atoms with Crippen molar-refractivity contribution in [3.63, 3.8) is 0 Å². The van der Waals surface area contributed by atoms with E-state index in [4.69, 9.17) is 19.4 Å². The Labute approximate surface area is 177 Å². The van der Waals surface area contributed by atoms with Crippen molar-refractivity contribution >= 4 is 27.4 Å². The molecule has 0 spiro atoms. The number of fused-ring (bicyclic) bond motifs is 3. The van der Waals surface area contributed by atoms with Crippen LogP contribution in [-0.4, -0.2) is 67.1 Å². The number of nitrogens with zero attached hydrogens (tertiary/aromatic N) is 3. The van der Waals surface area contributed by atoms with E-state index >= 15 is 0 Å². The molecule has 6 nitrogen and oxygen atoms in total. The van der Waals surface area contributed by atoms with Crippen LogP contribution in [0, 0.1) is 0 Å². The Kier molecular flexibility index (Phi) is 7.07. The summed E-state index contributed by atoms with van der Waals surface area (Å²) in [5.41, 5.74) is 1.34. The number of aromatic nitrogens is 2. The molecular weight excluding hydrogens is 417 g/mol. The molecule has 1 aliphatic carbocycles. The largest absolute Gasteiger partial charge is 0.411 e. The van der Waals surface area contributed by atoms with Gasteiger partial charge in [-0.2, -0.15) is 13.2 Å². The van der Waals surface area contributed by atoms with Gasteiger partial charge in [0.2, 0.25) is 0 Å². The van der Waals surface area contributed by atoms with Gasteiger partial charge in [0.25, 0.3) is 0 Å². The van der Waals surface area contributed by atoms with E-state index in [1.165, 1.54) is 23.3 Å². The predicted octanol–water partition coefficient (Wildman–Crippen LogP) is 3.78. The average Bonchev–Trinajstić information content (AvgIpc) is 3.09. The van der Waals surface area contributed by atoms with Crippen molar-refractivity contribution in [3.05, 3.63) is 16.3 Å². The number of thiophene rings is 1. The number of anilines is 1. The SMILES string of the molecule is FC(F)(F)COCCCNc1nc(CN2CCOCC2)nc2sc3c(c12)CCCC3. The van der Waals surface area contributed by atoms with Crippen molar-refractivity contribution in [1.29, 1.82) is 0 Å². The summed E-state index contributed by atoms with van der Waals surface area (Å²) in [4.78, 5) is 14.4. The third-order valence-electron chi connectivity index (χ3n) is 5.35. The summed E-state index contributed by atoms with van der Waals surface area (Å²) in [7, 11) is 0. The molecule has 1 fully saturated rings. The molecule has 1 saturated heterocycles. The van der Waals surface area contributed by atoms with Crippen LogP contribution in [0.4, 0.5) is 19.0 Å². The van der Waals surface area contributed by atoms with Crippen molar-refractivity contribution in [2.75, 3.05) is 51.4 Å². The molecule has 30 heavy (non-hydrogen) atoms. The number of rotatable bonds is 8. The third-order valence-corrected chi connectivity index (χ3v) is 6.54. The number of alkyl halides is 3. The van der Waals surface area contributed by atoms with E-state index in [0.29, 0.717) is 19.5 Å². The number of halogens is 3. The molecule has 0 radical (unpaired) electrons. The maximum atomic E-state index is 12.2. The molecule has 0 amide bonds. The first kappa shape index (κ1) is 21.7. The van der Waals surface area contributed by atoms with E-state index in [2.05, 4.69) is 10.2 Å². The van der Waals surface area contributed by atoms with E-state index in [-0.39, 0.29) is 6.61 Å². The normalized spacial score (nSPS) is 18.0. The second kappa shape index (κ2) is 9.76. The van der Waals surface area contributed by atoms with Gasteiger partial charge in [0.1, 0.15) is 23.1 Å². The van der Waals surface area contributed by atoms with E-state index in [1.54, 1.807) is 11.3 Å². The van der Waals surface area contributed by atoms with Gasteiger partial charge in [-0.15, -0.1) is 11.3 Å². The van der Waals surface area contributed by atoms with Crippen molar-refractivity contribution in [3.8, 4) is 0 Å². The Morgan fingerprint density at radius 3 is 2.73 bits per heavy atom. The second-order valence-corrected chi connectivity index (χ2v) is 8.80. The molecule has 0 aromatic carbocycles. The Morgan fingerprint density at radius 1 is 1.13 bits per heavy atom. The first-order chi connectivity index (χ1) is 14.5. The highest BCUT2D eigenvalue weighted by Crippen LogP contribution is 2.38. The Hall–Kier alpha value is -1.49. The molecule has 0 bridgehead atoms. The summed E-state index contributed by atoms with van der Waals surface area (Å²) in [6.07, 6.45) is 0.681. The van der Waals surface area contributed by atoms with Gasteiger partial charge in [-0.3, -0.25) is 4.90 Å². The second-order valence-electron chi connectivity index (χ2n) is 7.72. The Balaban J connectivity index is 1.47. The van der Waals surface area contributed by atoms with Crippen LogP contribution in [0.2, 0.25) is 0 Å². The zero-order valence-electron chi connectivity index (χ0n) is 16.9. The van der Waals surface area contributed by atoms with Gasteiger partial charge in [-0.1, -0.05) is 0 Å². The highest BCUT2D eigenvalue weighted by molar-refractivity contribution is 7.19. The van der Waals surface area contributed by atoms with Gasteiger partial charge >= 0.3 is 6.18 Å². The van der Waals surface area contributed by atoms with Crippen molar-refractivity contribution in [1.82, 2.24) is 14.9 Å². The van der Waals surface area contributed by atoms with Crippen molar-refractivity contribution < 1.29 is 22.6 Å². The topological polar surface area (TPSA) is 59.5 Å². The van der Waals surface area contributed by atoms with Gasteiger partial charge in [0.15, 0.2) is 0 Å². The van der Waals surface area contributed by atoms with Crippen molar-refractivity contribution in [2.24, 2.45) is 0 Å². The van der Waals surface area contributed by atoms with Crippen LogP contribution in [0.1, 0.15) is 35.5 Å². The lowest BCUT2D eigenvalue weighted by Crippen LogP contribution is -2.36. The predicted molar refractivity (Wildman–Crippen MR) is 110 cm³/mol. The molecule has 0 unspecified atom stereocenters. The quantitative estimate of drug-likeness (QED) is 0.626. The molecule has 2 aromatic rings. The van der Waals surface area contributed by atoms with E-state index in [9.17, 15) is 13.2 Å². The maximum absolute atomic E-state index is 12.2. The van der Waals surface area contributed by atoms with Crippen LogP contribution in [0.15, 0.2) is 0 Å². The first-order valence-corrected chi connectivity index (χ1v) is 11.3. The Bertz CT molecular complexity index is 853. The van der Waals surface area contributed by atoms with E-state index in [0.717, 1.165) is 61.0 Å². The minimum absolute atomic E-state index is 0.0586. The number of ether oxygens (including phenoxy) is 2. The fourth-order valence-electron chi connectivity index (χ4n) is 3.93. The van der Waals surface area contributed by atoms with Crippen molar-refractivity contribution in [2.45, 2.75) is 44.8 Å². The summed E-state index contributed by atoms with van der Waals surface area (Å²) in [5.74, 6) is 1.58.